The average Bonchev–Trinajstić information content (AvgIpc) is 2.57. The van der Waals surface area contributed by atoms with Gasteiger partial charge in [-0.05, 0) is 79.0 Å². The number of carbonyl (C=O) groups excluding carboxylic acids is 1. The lowest BCUT2D eigenvalue weighted by Crippen LogP contribution is -2.18. The normalized spacial score (nSPS) is 10.7. The molecule has 0 aliphatic carbocycles. The molecule has 0 aliphatic rings. The number of esters is 1. The summed E-state index contributed by atoms with van der Waals surface area (Å²) in [5.41, 5.74) is 0. The zero-order chi connectivity index (χ0) is 18.0. The van der Waals surface area contributed by atoms with Crippen LogP contribution in [0.15, 0.2) is 61.9 Å². The van der Waals surface area contributed by atoms with Gasteiger partial charge in [0.25, 0.3) is 0 Å². The second-order valence-electron chi connectivity index (χ2n) is 5.08. The highest BCUT2D eigenvalue weighted by Crippen LogP contribution is 2.34. The van der Waals surface area contributed by atoms with Gasteiger partial charge in [0.15, 0.2) is 6.61 Å². The number of ether oxygens (including phenoxy) is 2. The van der Waals surface area contributed by atoms with Crippen LogP contribution in [0.4, 0.5) is 0 Å². The SMILES string of the molecule is O=C(COc1ccc2cc(Br)ccc2c1Br)Oc1ccc(Cl)cc1Br. The van der Waals surface area contributed by atoms with E-state index in [0.29, 0.717) is 21.0 Å². The molecule has 0 heterocycles. The molecule has 25 heavy (non-hydrogen) atoms. The molecular formula is C18H10Br3ClO3. The lowest BCUT2D eigenvalue weighted by Gasteiger charge is -2.11. The quantitative estimate of drug-likeness (QED) is 0.266. The minimum absolute atomic E-state index is 0.213. The molecule has 0 aromatic heterocycles. The molecule has 3 aromatic carbocycles. The van der Waals surface area contributed by atoms with E-state index in [4.69, 9.17) is 21.1 Å². The van der Waals surface area contributed by atoms with Crippen LogP contribution in [-0.2, 0) is 4.79 Å². The Labute approximate surface area is 174 Å². The van der Waals surface area contributed by atoms with Gasteiger partial charge in [0.2, 0.25) is 0 Å². The van der Waals surface area contributed by atoms with Crippen molar-refractivity contribution in [1.82, 2.24) is 0 Å². The third kappa shape index (κ3) is 4.56. The molecule has 0 bridgehead atoms. The van der Waals surface area contributed by atoms with Gasteiger partial charge < -0.3 is 9.47 Å². The number of fused-ring (bicyclic) bond motifs is 1. The Balaban J connectivity index is 1.70. The smallest absolute Gasteiger partial charge is 0.349 e. The first-order chi connectivity index (χ1) is 11.9. The average molecular weight is 549 g/mol. The van der Waals surface area contributed by atoms with Gasteiger partial charge in [-0.25, -0.2) is 4.79 Å². The molecule has 3 rings (SSSR count). The van der Waals surface area contributed by atoms with Crippen molar-refractivity contribution in [3.05, 3.63) is 67.0 Å². The molecule has 0 saturated heterocycles. The Morgan fingerprint density at radius 1 is 0.960 bits per heavy atom. The summed E-state index contributed by atoms with van der Waals surface area (Å²) in [5.74, 6) is 0.452. The van der Waals surface area contributed by atoms with Crippen LogP contribution in [0.3, 0.4) is 0 Å². The van der Waals surface area contributed by atoms with Crippen LogP contribution in [0.1, 0.15) is 0 Å². The highest BCUT2D eigenvalue weighted by Gasteiger charge is 2.12. The predicted octanol–water partition coefficient (Wildman–Crippen LogP) is 6.77. The molecule has 128 valence electrons. The van der Waals surface area contributed by atoms with Crippen LogP contribution in [0, 0.1) is 0 Å². The van der Waals surface area contributed by atoms with Gasteiger partial charge in [-0.3, -0.25) is 0 Å². The van der Waals surface area contributed by atoms with Crippen molar-refractivity contribution in [2.75, 3.05) is 6.61 Å². The third-order valence-corrected chi connectivity index (χ3v) is 5.51. The highest BCUT2D eigenvalue weighted by molar-refractivity contribution is 9.11. The Bertz CT molecular complexity index is 960. The topological polar surface area (TPSA) is 35.5 Å². The molecule has 0 spiro atoms. The first kappa shape index (κ1) is 18.7. The molecule has 0 radical (unpaired) electrons. The van der Waals surface area contributed by atoms with E-state index in [9.17, 15) is 4.79 Å². The fourth-order valence-corrected chi connectivity index (χ4v) is 3.95. The first-order valence-corrected chi connectivity index (χ1v) is 9.86. The zero-order valence-electron chi connectivity index (χ0n) is 12.6. The molecular weight excluding hydrogens is 539 g/mol. The van der Waals surface area contributed by atoms with Crippen molar-refractivity contribution >= 4 is 76.1 Å². The molecule has 3 aromatic rings. The molecule has 3 nitrogen and oxygen atoms in total. The Morgan fingerprint density at radius 2 is 1.72 bits per heavy atom. The molecule has 0 fully saturated rings. The van der Waals surface area contributed by atoms with Crippen LogP contribution < -0.4 is 9.47 Å². The Morgan fingerprint density at radius 3 is 2.48 bits per heavy atom. The minimum atomic E-state index is -0.508. The summed E-state index contributed by atoms with van der Waals surface area (Å²) >= 11 is 16.1. The van der Waals surface area contributed by atoms with Crippen molar-refractivity contribution in [3.63, 3.8) is 0 Å². The van der Waals surface area contributed by atoms with E-state index in [-0.39, 0.29) is 6.61 Å². The van der Waals surface area contributed by atoms with Crippen LogP contribution in [0.2, 0.25) is 5.02 Å². The van der Waals surface area contributed by atoms with Gasteiger partial charge in [0.1, 0.15) is 11.5 Å². The van der Waals surface area contributed by atoms with Gasteiger partial charge in [0, 0.05) is 9.50 Å². The molecule has 7 heteroatoms. The van der Waals surface area contributed by atoms with Crippen LogP contribution in [-0.4, -0.2) is 12.6 Å². The number of hydrogen-bond acceptors (Lipinski definition) is 3. The molecule has 0 unspecified atom stereocenters. The van der Waals surface area contributed by atoms with E-state index in [1.54, 1.807) is 18.2 Å². The van der Waals surface area contributed by atoms with Gasteiger partial charge in [0.05, 0.1) is 8.95 Å². The van der Waals surface area contributed by atoms with Gasteiger partial charge in [-0.1, -0.05) is 39.7 Å². The van der Waals surface area contributed by atoms with Crippen molar-refractivity contribution in [3.8, 4) is 11.5 Å². The molecule has 0 saturated carbocycles. The van der Waals surface area contributed by atoms with E-state index in [2.05, 4.69) is 47.8 Å². The number of halogens is 4. The Kier molecular flexibility index (Phi) is 6.04. The molecule has 0 atom stereocenters. The number of hydrogen-bond donors (Lipinski definition) is 0. The van der Waals surface area contributed by atoms with E-state index >= 15 is 0 Å². The summed E-state index contributed by atoms with van der Waals surface area (Å²) in [7, 11) is 0. The third-order valence-electron chi connectivity index (χ3n) is 3.34. The van der Waals surface area contributed by atoms with Crippen LogP contribution in [0.25, 0.3) is 10.8 Å². The summed E-state index contributed by atoms with van der Waals surface area (Å²) in [6.07, 6.45) is 0. The summed E-state index contributed by atoms with van der Waals surface area (Å²) in [5, 5.41) is 2.60. The van der Waals surface area contributed by atoms with Crippen molar-refractivity contribution in [2.24, 2.45) is 0 Å². The maximum absolute atomic E-state index is 12.0. The van der Waals surface area contributed by atoms with E-state index in [1.165, 1.54) is 0 Å². The highest BCUT2D eigenvalue weighted by atomic mass is 79.9. The second kappa shape index (κ2) is 8.08. The summed E-state index contributed by atoms with van der Waals surface area (Å²) < 4.78 is 13.3. The summed E-state index contributed by atoms with van der Waals surface area (Å²) in [6, 6.07) is 14.6. The van der Waals surface area contributed by atoms with Gasteiger partial charge in [-0.15, -0.1) is 0 Å². The van der Waals surface area contributed by atoms with Crippen molar-refractivity contribution in [1.29, 1.82) is 0 Å². The lowest BCUT2D eigenvalue weighted by molar-refractivity contribution is -0.136. The zero-order valence-corrected chi connectivity index (χ0v) is 18.1. The fourth-order valence-electron chi connectivity index (χ4n) is 2.20. The van der Waals surface area contributed by atoms with Crippen molar-refractivity contribution in [2.45, 2.75) is 0 Å². The lowest BCUT2D eigenvalue weighted by atomic mass is 10.1. The molecule has 0 aliphatic heterocycles. The summed E-state index contributed by atoms with van der Waals surface area (Å²) in [4.78, 5) is 12.0. The second-order valence-corrected chi connectivity index (χ2v) is 8.08. The summed E-state index contributed by atoms with van der Waals surface area (Å²) in [6.45, 7) is -0.213. The fraction of sp³-hybridized carbons (Fsp3) is 0.0556. The largest absolute Gasteiger partial charge is 0.481 e. The van der Waals surface area contributed by atoms with E-state index in [1.807, 2.05) is 30.3 Å². The Hall–Kier alpha value is -1.08. The number of benzene rings is 3. The first-order valence-electron chi connectivity index (χ1n) is 7.10. The van der Waals surface area contributed by atoms with E-state index in [0.717, 1.165) is 19.7 Å². The number of rotatable bonds is 4. The monoisotopic (exact) mass is 546 g/mol. The predicted molar refractivity (Wildman–Crippen MR) is 110 cm³/mol. The maximum Gasteiger partial charge on any atom is 0.349 e. The standard InChI is InChI=1S/C18H10Br3ClO3/c19-11-2-4-13-10(7-11)1-5-16(18(13)21)24-9-17(23)25-15-6-3-12(22)8-14(15)20/h1-8H,9H2. The van der Waals surface area contributed by atoms with Gasteiger partial charge >= 0.3 is 5.97 Å². The molecule has 0 amide bonds. The number of carbonyl (C=O) groups is 1. The molecule has 0 N–H and O–H groups in total. The van der Waals surface area contributed by atoms with Crippen LogP contribution in [0.5, 0.6) is 11.5 Å². The minimum Gasteiger partial charge on any atom is -0.481 e. The van der Waals surface area contributed by atoms with Crippen LogP contribution >= 0.6 is 59.4 Å². The van der Waals surface area contributed by atoms with Crippen molar-refractivity contribution < 1.29 is 14.3 Å². The van der Waals surface area contributed by atoms with Gasteiger partial charge in [-0.2, -0.15) is 0 Å². The maximum atomic E-state index is 12.0. The van der Waals surface area contributed by atoms with E-state index < -0.39 is 5.97 Å².